The molecule has 0 spiro atoms. The van der Waals surface area contributed by atoms with Crippen LogP contribution in [0.1, 0.15) is 65.7 Å². The molecule has 3 aliphatic rings. The highest BCUT2D eigenvalue weighted by atomic mass is 32.2. The number of carbonyl (C=O) groups is 1. The fourth-order valence-electron chi connectivity index (χ4n) is 6.44. The van der Waals surface area contributed by atoms with Crippen LogP contribution in [0, 0.1) is 17.8 Å². The van der Waals surface area contributed by atoms with Gasteiger partial charge in [-0.3, -0.25) is 0 Å². The van der Waals surface area contributed by atoms with Gasteiger partial charge in [-0.2, -0.15) is 0 Å². The van der Waals surface area contributed by atoms with Gasteiger partial charge in [0, 0.05) is 33.8 Å². The second-order valence-corrected chi connectivity index (χ2v) is 13.4. The number of anilines is 2. The van der Waals surface area contributed by atoms with Gasteiger partial charge in [0.25, 0.3) is 0 Å². The summed E-state index contributed by atoms with van der Waals surface area (Å²) in [4.78, 5) is 22.0. The molecular formula is C31H42N2O2S2. The average Bonchev–Trinajstić information content (AvgIpc) is 2.90. The summed E-state index contributed by atoms with van der Waals surface area (Å²) in [7, 11) is 0. The molecular weight excluding hydrogens is 496 g/mol. The standard InChI is InChI=1S/C31H42N2O2S2/c1-21(2)25-14-12-22(3)19-28(25)35-31(34)32-17-8-7-9-23(32)16-18-33-26-10-5-6-11-29(26)37-30-15-13-24(36-4)20-27(30)33/h5-6,10-11,13,15,20-23,25,28H,7-9,12,14,16-19H2,1-4H3/t22-,23?,25+,28-/m1/s1. The Morgan fingerprint density at radius 1 is 1.08 bits per heavy atom. The third-order valence-electron chi connectivity index (χ3n) is 8.59. The van der Waals surface area contributed by atoms with Crippen LogP contribution in [0.4, 0.5) is 16.2 Å². The monoisotopic (exact) mass is 538 g/mol. The fraction of sp³-hybridized carbons (Fsp3) is 0.581. The van der Waals surface area contributed by atoms with Crippen LogP contribution in [-0.2, 0) is 4.74 Å². The molecule has 0 aromatic heterocycles. The van der Waals surface area contributed by atoms with Crippen molar-refractivity contribution in [2.24, 2.45) is 17.8 Å². The van der Waals surface area contributed by atoms with Crippen LogP contribution in [0.3, 0.4) is 0 Å². The molecule has 1 amide bonds. The van der Waals surface area contributed by atoms with Gasteiger partial charge in [0.2, 0.25) is 0 Å². The van der Waals surface area contributed by atoms with E-state index in [1.54, 1.807) is 11.8 Å². The van der Waals surface area contributed by atoms with E-state index in [4.69, 9.17) is 4.74 Å². The number of carbonyl (C=O) groups excluding carboxylic acids is 1. The quantitative estimate of drug-likeness (QED) is 0.343. The summed E-state index contributed by atoms with van der Waals surface area (Å²) in [6.07, 6.45) is 9.81. The lowest BCUT2D eigenvalue weighted by Gasteiger charge is -2.41. The van der Waals surface area contributed by atoms with Crippen LogP contribution in [0.2, 0.25) is 0 Å². The Balaban J connectivity index is 1.32. The Bertz CT molecular complexity index is 1090. The van der Waals surface area contributed by atoms with E-state index in [9.17, 15) is 4.79 Å². The second-order valence-electron chi connectivity index (χ2n) is 11.4. The summed E-state index contributed by atoms with van der Waals surface area (Å²) in [6, 6.07) is 15.8. The highest BCUT2D eigenvalue weighted by molar-refractivity contribution is 8.00. The number of likely N-dealkylation sites (tertiary alicyclic amines) is 1. The number of benzene rings is 2. The van der Waals surface area contributed by atoms with Crippen molar-refractivity contribution < 1.29 is 9.53 Å². The van der Waals surface area contributed by atoms with Crippen molar-refractivity contribution >= 4 is 41.0 Å². The van der Waals surface area contributed by atoms with Gasteiger partial charge in [0.05, 0.1) is 11.4 Å². The molecule has 1 aliphatic carbocycles. The number of nitrogens with zero attached hydrogens (tertiary/aromatic N) is 2. The van der Waals surface area contributed by atoms with Crippen LogP contribution in [0.15, 0.2) is 57.2 Å². The molecule has 2 aromatic rings. The normalized spacial score (nSPS) is 25.5. The summed E-state index contributed by atoms with van der Waals surface area (Å²) in [6.45, 7) is 8.57. The number of piperidine rings is 1. The van der Waals surface area contributed by atoms with Crippen molar-refractivity contribution in [1.82, 2.24) is 4.90 Å². The van der Waals surface area contributed by atoms with Crippen LogP contribution in [0.25, 0.3) is 0 Å². The molecule has 6 heteroatoms. The minimum atomic E-state index is -0.0749. The van der Waals surface area contributed by atoms with Crippen molar-refractivity contribution in [3.05, 3.63) is 42.5 Å². The molecule has 2 aromatic carbocycles. The minimum Gasteiger partial charge on any atom is -0.446 e. The lowest BCUT2D eigenvalue weighted by molar-refractivity contribution is -0.0194. The van der Waals surface area contributed by atoms with Crippen molar-refractivity contribution in [2.45, 2.75) is 92.5 Å². The average molecular weight is 539 g/mol. The SMILES string of the molecule is CSc1ccc2c(c1)N(CCC1CCCCN1C(=O)O[C@@H]1C[C@H](C)CC[C@H]1C(C)C)c1ccccc1S2. The molecule has 4 nitrogen and oxygen atoms in total. The van der Waals surface area contributed by atoms with E-state index in [2.05, 4.69) is 79.3 Å². The zero-order valence-electron chi connectivity index (χ0n) is 22.8. The zero-order valence-corrected chi connectivity index (χ0v) is 24.5. The van der Waals surface area contributed by atoms with E-state index < -0.39 is 0 Å². The highest BCUT2D eigenvalue weighted by Gasteiger charge is 2.36. The van der Waals surface area contributed by atoms with Crippen molar-refractivity contribution in [3.8, 4) is 0 Å². The van der Waals surface area contributed by atoms with E-state index in [1.165, 1.54) is 45.3 Å². The number of thioether (sulfide) groups is 1. The molecule has 0 N–H and O–H groups in total. The van der Waals surface area contributed by atoms with Crippen molar-refractivity contribution in [2.75, 3.05) is 24.2 Å². The molecule has 1 saturated heterocycles. The molecule has 1 unspecified atom stereocenters. The smallest absolute Gasteiger partial charge is 0.410 e. The number of fused-ring (bicyclic) bond motifs is 2. The lowest BCUT2D eigenvalue weighted by atomic mass is 9.75. The Hall–Kier alpha value is -1.79. The maximum absolute atomic E-state index is 13.6. The summed E-state index contributed by atoms with van der Waals surface area (Å²) < 4.78 is 6.31. The predicted molar refractivity (Wildman–Crippen MR) is 156 cm³/mol. The molecule has 2 heterocycles. The number of hydrogen-bond donors (Lipinski definition) is 0. The van der Waals surface area contributed by atoms with Gasteiger partial charge in [0.15, 0.2) is 0 Å². The van der Waals surface area contributed by atoms with E-state index in [-0.39, 0.29) is 18.2 Å². The number of amides is 1. The van der Waals surface area contributed by atoms with Crippen molar-refractivity contribution in [1.29, 1.82) is 0 Å². The molecule has 200 valence electrons. The maximum Gasteiger partial charge on any atom is 0.410 e. The third-order valence-corrected chi connectivity index (χ3v) is 10.4. The summed E-state index contributed by atoms with van der Waals surface area (Å²) in [5.41, 5.74) is 2.57. The number of hydrogen-bond acceptors (Lipinski definition) is 5. The molecule has 0 radical (unpaired) electrons. The second kappa shape index (κ2) is 11.9. The first kappa shape index (κ1) is 26.8. The molecule has 1 saturated carbocycles. The zero-order chi connectivity index (χ0) is 25.9. The number of rotatable bonds is 6. The van der Waals surface area contributed by atoms with Gasteiger partial charge in [-0.05, 0) is 92.9 Å². The van der Waals surface area contributed by atoms with Crippen LogP contribution in [-0.4, -0.2) is 42.5 Å². The Labute approximate surface area is 231 Å². The lowest BCUT2D eigenvalue weighted by Crippen LogP contribution is -2.48. The van der Waals surface area contributed by atoms with Crippen LogP contribution >= 0.6 is 23.5 Å². The van der Waals surface area contributed by atoms with Crippen LogP contribution < -0.4 is 4.90 Å². The summed E-state index contributed by atoms with van der Waals surface area (Å²) in [5, 5.41) is 0. The van der Waals surface area contributed by atoms with Gasteiger partial charge in [-0.15, -0.1) is 11.8 Å². The fourth-order valence-corrected chi connectivity index (χ4v) is 7.95. The predicted octanol–water partition coefficient (Wildman–Crippen LogP) is 8.85. The molecule has 37 heavy (non-hydrogen) atoms. The van der Waals surface area contributed by atoms with Gasteiger partial charge >= 0.3 is 6.09 Å². The third kappa shape index (κ3) is 5.95. The van der Waals surface area contributed by atoms with E-state index in [0.717, 1.165) is 38.8 Å². The first-order valence-corrected chi connectivity index (χ1v) is 16.2. The molecule has 0 bridgehead atoms. The number of para-hydroxylation sites is 1. The first-order chi connectivity index (χ1) is 17.9. The summed E-state index contributed by atoms with van der Waals surface area (Å²) in [5.74, 6) is 1.66. The number of ether oxygens (including phenoxy) is 1. The van der Waals surface area contributed by atoms with Gasteiger partial charge in [-0.25, -0.2) is 4.79 Å². The minimum absolute atomic E-state index is 0.0571. The van der Waals surface area contributed by atoms with E-state index in [1.807, 2.05) is 11.8 Å². The first-order valence-electron chi connectivity index (χ1n) is 14.1. The molecule has 2 aliphatic heterocycles. The maximum atomic E-state index is 13.6. The molecule has 2 fully saturated rings. The van der Waals surface area contributed by atoms with E-state index >= 15 is 0 Å². The van der Waals surface area contributed by atoms with Crippen molar-refractivity contribution in [3.63, 3.8) is 0 Å². The largest absolute Gasteiger partial charge is 0.446 e. The Morgan fingerprint density at radius 2 is 1.89 bits per heavy atom. The highest BCUT2D eigenvalue weighted by Crippen LogP contribution is 2.49. The van der Waals surface area contributed by atoms with Gasteiger partial charge in [-0.1, -0.05) is 51.1 Å². The van der Waals surface area contributed by atoms with Crippen LogP contribution in [0.5, 0.6) is 0 Å². The Morgan fingerprint density at radius 3 is 2.70 bits per heavy atom. The topological polar surface area (TPSA) is 32.8 Å². The van der Waals surface area contributed by atoms with Gasteiger partial charge < -0.3 is 14.5 Å². The molecule has 5 rings (SSSR count). The Kier molecular flexibility index (Phi) is 8.65. The molecule has 4 atom stereocenters. The van der Waals surface area contributed by atoms with Gasteiger partial charge in [0.1, 0.15) is 6.10 Å². The van der Waals surface area contributed by atoms with E-state index in [0.29, 0.717) is 17.8 Å². The summed E-state index contributed by atoms with van der Waals surface area (Å²) >= 11 is 3.65.